The van der Waals surface area contributed by atoms with Crippen LogP contribution in [-0.2, 0) is 9.53 Å². The minimum atomic E-state index is -0.0949. The van der Waals surface area contributed by atoms with Crippen LogP contribution in [0.5, 0.6) is 5.75 Å². The molecule has 0 spiro atoms. The molecule has 1 saturated heterocycles. The summed E-state index contributed by atoms with van der Waals surface area (Å²) in [6.45, 7) is 2.85. The molecule has 1 atom stereocenters. The molecule has 92 valence electrons. The average molecular weight is 300 g/mol. The lowest BCUT2D eigenvalue weighted by Gasteiger charge is -2.14. The minimum absolute atomic E-state index is 0.0949. The SMILES string of the molecule is CC(=O)Nc1ccc(Br)c(O[C@@H]2CCOC2)c1. The highest BCUT2D eigenvalue weighted by Gasteiger charge is 2.18. The molecule has 4 nitrogen and oxygen atoms in total. The van der Waals surface area contributed by atoms with Gasteiger partial charge in [0.2, 0.25) is 5.91 Å². The second-order valence-electron chi connectivity index (χ2n) is 3.93. The van der Waals surface area contributed by atoms with Crippen molar-refractivity contribution < 1.29 is 14.3 Å². The van der Waals surface area contributed by atoms with Gasteiger partial charge >= 0.3 is 0 Å². The van der Waals surface area contributed by atoms with Crippen molar-refractivity contribution in [3.05, 3.63) is 22.7 Å². The van der Waals surface area contributed by atoms with Gasteiger partial charge in [0.05, 0.1) is 17.7 Å². The molecule has 1 aliphatic heterocycles. The monoisotopic (exact) mass is 299 g/mol. The number of carbonyl (C=O) groups excluding carboxylic acids is 1. The largest absolute Gasteiger partial charge is 0.487 e. The summed E-state index contributed by atoms with van der Waals surface area (Å²) in [6, 6.07) is 5.49. The standard InChI is InChI=1S/C12H14BrNO3/c1-8(15)14-9-2-3-11(13)12(6-9)17-10-4-5-16-7-10/h2-3,6,10H,4-5,7H2,1H3,(H,14,15)/t10-/m1/s1. The Kier molecular flexibility index (Phi) is 4.02. The Labute approximate surface area is 108 Å². The van der Waals surface area contributed by atoms with E-state index in [0.717, 1.165) is 28.9 Å². The number of hydrogen-bond donors (Lipinski definition) is 1. The quantitative estimate of drug-likeness (QED) is 0.933. The molecule has 1 aromatic rings. The smallest absolute Gasteiger partial charge is 0.221 e. The zero-order valence-electron chi connectivity index (χ0n) is 9.53. The third-order valence-electron chi connectivity index (χ3n) is 2.43. The fraction of sp³-hybridized carbons (Fsp3) is 0.417. The predicted molar refractivity (Wildman–Crippen MR) is 68.3 cm³/mol. The fourth-order valence-electron chi connectivity index (χ4n) is 1.66. The summed E-state index contributed by atoms with van der Waals surface area (Å²) in [5.74, 6) is 0.634. The molecule has 0 aromatic heterocycles. The molecule has 1 aromatic carbocycles. The van der Waals surface area contributed by atoms with Crippen molar-refractivity contribution in [2.45, 2.75) is 19.4 Å². The molecular weight excluding hydrogens is 286 g/mol. The van der Waals surface area contributed by atoms with Crippen molar-refractivity contribution in [3.63, 3.8) is 0 Å². The molecule has 0 aliphatic carbocycles. The number of carbonyl (C=O) groups is 1. The van der Waals surface area contributed by atoms with Crippen LogP contribution in [0.25, 0.3) is 0 Å². The third kappa shape index (κ3) is 3.44. The van der Waals surface area contributed by atoms with E-state index in [0.29, 0.717) is 6.61 Å². The fourth-order valence-corrected chi connectivity index (χ4v) is 2.00. The van der Waals surface area contributed by atoms with Gasteiger partial charge in [0.1, 0.15) is 11.9 Å². The Morgan fingerprint density at radius 3 is 3.06 bits per heavy atom. The highest BCUT2D eigenvalue weighted by molar-refractivity contribution is 9.10. The highest BCUT2D eigenvalue weighted by atomic mass is 79.9. The first-order chi connectivity index (χ1) is 8.15. The molecule has 1 N–H and O–H groups in total. The van der Waals surface area contributed by atoms with Gasteiger partial charge in [0.25, 0.3) is 0 Å². The van der Waals surface area contributed by atoms with Crippen molar-refractivity contribution in [1.29, 1.82) is 0 Å². The summed E-state index contributed by atoms with van der Waals surface area (Å²) >= 11 is 3.43. The van der Waals surface area contributed by atoms with Crippen molar-refractivity contribution in [2.75, 3.05) is 18.5 Å². The molecule has 0 saturated carbocycles. The normalized spacial score (nSPS) is 19.1. The van der Waals surface area contributed by atoms with E-state index >= 15 is 0 Å². The van der Waals surface area contributed by atoms with E-state index in [2.05, 4.69) is 21.2 Å². The molecule has 2 rings (SSSR count). The van der Waals surface area contributed by atoms with Crippen LogP contribution in [0.15, 0.2) is 22.7 Å². The van der Waals surface area contributed by atoms with Crippen molar-refractivity contribution in [2.24, 2.45) is 0 Å². The Morgan fingerprint density at radius 2 is 2.41 bits per heavy atom. The van der Waals surface area contributed by atoms with E-state index in [4.69, 9.17) is 9.47 Å². The molecular formula is C12H14BrNO3. The van der Waals surface area contributed by atoms with Crippen molar-refractivity contribution in [3.8, 4) is 5.75 Å². The van der Waals surface area contributed by atoms with Gasteiger partial charge in [-0.15, -0.1) is 0 Å². The van der Waals surface area contributed by atoms with Gasteiger partial charge < -0.3 is 14.8 Å². The molecule has 1 heterocycles. The number of hydrogen-bond acceptors (Lipinski definition) is 3. The maximum atomic E-state index is 11.0. The molecule has 1 aliphatic rings. The Bertz CT molecular complexity index is 416. The van der Waals surface area contributed by atoms with E-state index in [1.54, 1.807) is 0 Å². The maximum absolute atomic E-state index is 11.0. The topological polar surface area (TPSA) is 47.6 Å². The van der Waals surface area contributed by atoms with Gasteiger partial charge in [-0.1, -0.05) is 0 Å². The molecule has 0 bridgehead atoms. The number of nitrogens with one attached hydrogen (secondary N) is 1. The molecule has 5 heteroatoms. The molecule has 17 heavy (non-hydrogen) atoms. The summed E-state index contributed by atoms with van der Waals surface area (Å²) in [5, 5.41) is 2.73. The number of halogens is 1. The van der Waals surface area contributed by atoms with Crippen molar-refractivity contribution >= 4 is 27.5 Å². The van der Waals surface area contributed by atoms with Gasteiger partial charge in [-0.3, -0.25) is 4.79 Å². The van der Waals surface area contributed by atoms with Gasteiger partial charge in [-0.2, -0.15) is 0 Å². The Balaban J connectivity index is 2.10. The molecule has 0 unspecified atom stereocenters. The lowest BCUT2D eigenvalue weighted by atomic mass is 10.2. The van der Waals surface area contributed by atoms with Gasteiger partial charge in [-0.25, -0.2) is 0 Å². The second-order valence-corrected chi connectivity index (χ2v) is 4.78. The van der Waals surface area contributed by atoms with Crippen molar-refractivity contribution in [1.82, 2.24) is 0 Å². The van der Waals surface area contributed by atoms with E-state index in [1.807, 2.05) is 18.2 Å². The van der Waals surface area contributed by atoms with E-state index < -0.39 is 0 Å². The van der Waals surface area contributed by atoms with Crippen LogP contribution in [0.2, 0.25) is 0 Å². The van der Waals surface area contributed by atoms with Crippen LogP contribution in [0.3, 0.4) is 0 Å². The number of rotatable bonds is 3. The zero-order valence-corrected chi connectivity index (χ0v) is 11.1. The summed E-state index contributed by atoms with van der Waals surface area (Å²) in [5.41, 5.74) is 0.731. The van der Waals surface area contributed by atoms with E-state index in [1.165, 1.54) is 6.92 Å². The van der Waals surface area contributed by atoms with Gasteiger partial charge in [0.15, 0.2) is 0 Å². The van der Waals surface area contributed by atoms with Crippen LogP contribution in [0.4, 0.5) is 5.69 Å². The lowest BCUT2D eigenvalue weighted by Crippen LogP contribution is -2.16. The maximum Gasteiger partial charge on any atom is 0.221 e. The molecule has 1 fully saturated rings. The van der Waals surface area contributed by atoms with E-state index in [-0.39, 0.29) is 12.0 Å². The third-order valence-corrected chi connectivity index (χ3v) is 3.09. The number of anilines is 1. The zero-order chi connectivity index (χ0) is 12.3. The molecule has 1 amide bonds. The first kappa shape index (κ1) is 12.4. The Hall–Kier alpha value is -1.07. The lowest BCUT2D eigenvalue weighted by molar-refractivity contribution is -0.114. The van der Waals surface area contributed by atoms with E-state index in [9.17, 15) is 4.79 Å². The van der Waals surface area contributed by atoms with Crippen LogP contribution in [0, 0.1) is 0 Å². The first-order valence-electron chi connectivity index (χ1n) is 5.46. The van der Waals surface area contributed by atoms with Crippen LogP contribution in [-0.4, -0.2) is 25.2 Å². The van der Waals surface area contributed by atoms with Crippen LogP contribution in [0.1, 0.15) is 13.3 Å². The summed E-state index contributed by atoms with van der Waals surface area (Å²) in [6.07, 6.45) is 0.996. The average Bonchev–Trinajstić information content (AvgIpc) is 2.75. The number of amides is 1. The van der Waals surface area contributed by atoms with Crippen LogP contribution < -0.4 is 10.1 Å². The highest BCUT2D eigenvalue weighted by Crippen LogP contribution is 2.30. The molecule has 0 radical (unpaired) electrons. The van der Waals surface area contributed by atoms with Crippen LogP contribution >= 0.6 is 15.9 Å². The number of ether oxygens (including phenoxy) is 2. The first-order valence-corrected chi connectivity index (χ1v) is 6.26. The van der Waals surface area contributed by atoms with Gasteiger partial charge in [-0.05, 0) is 28.1 Å². The minimum Gasteiger partial charge on any atom is -0.487 e. The second kappa shape index (κ2) is 5.51. The predicted octanol–water partition coefficient (Wildman–Crippen LogP) is 2.58. The van der Waals surface area contributed by atoms with Gasteiger partial charge in [0, 0.05) is 25.1 Å². The summed E-state index contributed by atoms with van der Waals surface area (Å²) in [7, 11) is 0. The summed E-state index contributed by atoms with van der Waals surface area (Å²) < 4.78 is 11.9. The Morgan fingerprint density at radius 1 is 1.59 bits per heavy atom. The number of benzene rings is 1. The summed E-state index contributed by atoms with van der Waals surface area (Å²) in [4.78, 5) is 11.0.